The summed E-state index contributed by atoms with van der Waals surface area (Å²) in [6.07, 6.45) is 1.54. The van der Waals surface area contributed by atoms with Crippen molar-refractivity contribution in [2.45, 2.75) is 38.9 Å². The molecule has 1 heterocycles. The summed E-state index contributed by atoms with van der Waals surface area (Å²) in [5, 5.41) is 2.88. The SMILES string of the molecule is CC(C)OC(=O)c1ccc(NC(=O)[C@H]2[C@@H]3C[C@@H]4[C@@H]2C(=O)O[C@@H]4C3)cc1. The molecule has 0 spiro atoms. The number of hydrogen-bond donors (Lipinski definition) is 1. The molecule has 2 saturated carbocycles. The Balaban J connectivity index is 1.43. The molecule has 1 aliphatic heterocycles. The number of carbonyl (C=O) groups is 3. The molecular formula is C19H21NO5. The van der Waals surface area contributed by atoms with Gasteiger partial charge in [-0.1, -0.05) is 0 Å². The minimum Gasteiger partial charge on any atom is -0.462 e. The normalized spacial score (nSPS) is 32.0. The zero-order chi connectivity index (χ0) is 17.7. The van der Waals surface area contributed by atoms with Gasteiger partial charge in [0, 0.05) is 11.6 Å². The van der Waals surface area contributed by atoms with Crippen molar-refractivity contribution in [1.29, 1.82) is 0 Å². The minimum atomic E-state index is -0.388. The maximum atomic E-state index is 12.7. The van der Waals surface area contributed by atoms with Crippen LogP contribution in [0.15, 0.2) is 24.3 Å². The summed E-state index contributed by atoms with van der Waals surface area (Å²) in [5.41, 5.74) is 1.05. The molecule has 2 bridgehead atoms. The molecule has 3 fully saturated rings. The van der Waals surface area contributed by atoms with Gasteiger partial charge in [0.1, 0.15) is 6.10 Å². The lowest BCUT2D eigenvalue weighted by Gasteiger charge is -2.23. The predicted molar refractivity (Wildman–Crippen MR) is 88.7 cm³/mol. The number of ether oxygens (including phenoxy) is 2. The molecule has 1 amide bonds. The van der Waals surface area contributed by atoms with Crippen molar-refractivity contribution >= 4 is 23.5 Å². The van der Waals surface area contributed by atoms with Gasteiger partial charge < -0.3 is 14.8 Å². The van der Waals surface area contributed by atoms with Gasteiger partial charge in [-0.2, -0.15) is 0 Å². The molecule has 3 aliphatic rings. The van der Waals surface area contributed by atoms with Gasteiger partial charge in [0.25, 0.3) is 0 Å². The smallest absolute Gasteiger partial charge is 0.338 e. The summed E-state index contributed by atoms with van der Waals surface area (Å²) in [4.78, 5) is 36.6. The number of amides is 1. The fraction of sp³-hybridized carbons (Fsp3) is 0.526. The monoisotopic (exact) mass is 343 g/mol. The number of carbonyl (C=O) groups excluding carboxylic acids is 3. The van der Waals surface area contributed by atoms with Gasteiger partial charge in [0.15, 0.2) is 0 Å². The van der Waals surface area contributed by atoms with Crippen LogP contribution in [0.3, 0.4) is 0 Å². The molecule has 1 N–H and O–H groups in total. The molecule has 6 heteroatoms. The standard InChI is InChI=1S/C19H21NO5/c1-9(2)24-18(22)10-3-5-12(6-4-10)20-17(21)15-11-7-13-14(8-11)25-19(23)16(13)15/h3-6,9,11,13-16H,7-8H2,1-2H3,(H,20,21)/t11-,13+,14-,15+,16+/m1/s1. The topological polar surface area (TPSA) is 81.7 Å². The molecule has 1 saturated heterocycles. The molecule has 5 atom stereocenters. The van der Waals surface area contributed by atoms with Crippen molar-refractivity contribution in [2.75, 3.05) is 5.32 Å². The first kappa shape index (κ1) is 16.1. The molecule has 6 nitrogen and oxygen atoms in total. The fourth-order valence-corrected chi connectivity index (χ4v) is 4.56. The second-order valence-corrected chi connectivity index (χ2v) is 7.44. The highest BCUT2D eigenvalue weighted by Crippen LogP contribution is 2.57. The van der Waals surface area contributed by atoms with Crippen LogP contribution in [0.5, 0.6) is 0 Å². The van der Waals surface area contributed by atoms with E-state index in [1.54, 1.807) is 38.1 Å². The first-order valence-corrected chi connectivity index (χ1v) is 8.76. The van der Waals surface area contributed by atoms with Crippen LogP contribution in [0.1, 0.15) is 37.0 Å². The number of benzene rings is 1. The maximum Gasteiger partial charge on any atom is 0.338 e. The van der Waals surface area contributed by atoms with Crippen LogP contribution in [0, 0.1) is 23.7 Å². The summed E-state index contributed by atoms with van der Waals surface area (Å²) < 4.78 is 10.5. The Labute approximate surface area is 145 Å². The van der Waals surface area contributed by atoms with Crippen molar-refractivity contribution in [3.8, 4) is 0 Å². The Kier molecular flexibility index (Phi) is 3.78. The Hall–Kier alpha value is -2.37. The number of anilines is 1. The summed E-state index contributed by atoms with van der Waals surface area (Å²) in [6.45, 7) is 3.58. The second kappa shape index (κ2) is 5.86. The van der Waals surface area contributed by atoms with Gasteiger partial charge in [-0.05, 0) is 56.9 Å². The lowest BCUT2D eigenvalue weighted by atomic mass is 9.79. The van der Waals surface area contributed by atoms with Crippen molar-refractivity contribution in [3.63, 3.8) is 0 Å². The van der Waals surface area contributed by atoms with Gasteiger partial charge in [-0.25, -0.2) is 4.79 Å². The molecule has 0 aromatic heterocycles. The van der Waals surface area contributed by atoms with Crippen LogP contribution >= 0.6 is 0 Å². The average molecular weight is 343 g/mol. The molecule has 2 aliphatic carbocycles. The van der Waals surface area contributed by atoms with Crippen LogP contribution < -0.4 is 5.32 Å². The summed E-state index contributed by atoms with van der Waals surface area (Å²) >= 11 is 0. The zero-order valence-electron chi connectivity index (χ0n) is 14.2. The quantitative estimate of drug-likeness (QED) is 0.849. The van der Waals surface area contributed by atoms with E-state index in [1.807, 2.05) is 0 Å². The number of hydrogen-bond acceptors (Lipinski definition) is 5. The average Bonchev–Trinajstić information content (AvgIpc) is 3.16. The van der Waals surface area contributed by atoms with E-state index in [0.29, 0.717) is 11.3 Å². The molecule has 4 rings (SSSR count). The van der Waals surface area contributed by atoms with E-state index >= 15 is 0 Å². The van der Waals surface area contributed by atoms with Gasteiger partial charge in [-0.15, -0.1) is 0 Å². The zero-order valence-corrected chi connectivity index (χ0v) is 14.2. The van der Waals surface area contributed by atoms with E-state index in [2.05, 4.69) is 5.32 Å². The Morgan fingerprint density at radius 2 is 1.92 bits per heavy atom. The maximum absolute atomic E-state index is 12.7. The van der Waals surface area contributed by atoms with Crippen LogP contribution in [-0.2, 0) is 19.1 Å². The number of nitrogens with one attached hydrogen (secondary N) is 1. The van der Waals surface area contributed by atoms with Crippen molar-refractivity contribution in [2.24, 2.45) is 23.7 Å². The van der Waals surface area contributed by atoms with Crippen molar-refractivity contribution < 1.29 is 23.9 Å². The predicted octanol–water partition coefficient (Wildman–Crippen LogP) is 2.39. The molecule has 25 heavy (non-hydrogen) atoms. The third kappa shape index (κ3) is 2.69. The third-order valence-electron chi connectivity index (χ3n) is 5.52. The van der Waals surface area contributed by atoms with E-state index in [4.69, 9.17) is 9.47 Å². The number of rotatable bonds is 4. The molecule has 1 aromatic carbocycles. The number of esters is 2. The summed E-state index contributed by atoms with van der Waals surface area (Å²) in [6, 6.07) is 6.61. The van der Waals surface area contributed by atoms with E-state index in [0.717, 1.165) is 12.8 Å². The Morgan fingerprint density at radius 3 is 2.60 bits per heavy atom. The van der Waals surface area contributed by atoms with Crippen LogP contribution in [0.25, 0.3) is 0 Å². The summed E-state index contributed by atoms with van der Waals surface area (Å²) in [5.74, 6) is -0.894. The van der Waals surface area contributed by atoms with Crippen LogP contribution in [0.2, 0.25) is 0 Å². The third-order valence-corrected chi connectivity index (χ3v) is 5.52. The highest BCUT2D eigenvalue weighted by molar-refractivity contribution is 5.97. The first-order valence-electron chi connectivity index (χ1n) is 8.76. The highest BCUT2D eigenvalue weighted by Gasteiger charge is 2.63. The van der Waals surface area contributed by atoms with Crippen molar-refractivity contribution in [1.82, 2.24) is 0 Å². The van der Waals surface area contributed by atoms with Crippen LogP contribution in [0.4, 0.5) is 5.69 Å². The second-order valence-electron chi connectivity index (χ2n) is 7.44. The molecular weight excluding hydrogens is 322 g/mol. The lowest BCUT2D eigenvalue weighted by Crippen LogP contribution is -2.35. The van der Waals surface area contributed by atoms with E-state index in [-0.39, 0.29) is 53.7 Å². The van der Waals surface area contributed by atoms with E-state index < -0.39 is 0 Å². The lowest BCUT2D eigenvalue weighted by molar-refractivity contribution is -0.145. The highest BCUT2D eigenvalue weighted by atomic mass is 16.6. The van der Waals surface area contributed by atoms with Gasteiger partial charge in [0.05, 0.1) is 23.5 Å². The van der Waals surface area contributed by atoms with E-state index in [9.17, 15) is 14.4 Å². The van der Waals surface area contributed by atoms with Gasteiger partial charge in [-0.3, -0.25) is 9.59 Å². The first-order chi connectivity index (χ1) is 11.9. The summed E-state index contributed by atoms with van der Waals surface area (Å²) in [7, 11) is 0. The molecule has 0 unspecified atom stereocenters. The molecule has 132 valence electrons. The van der Waals surface area contributed by atoms with Gasteiger partial charge >= 0.3 is 11.9 Å². The molecule has 0 radical (unpaired) electrons. The molecule has 1 aromatic rings. The minimum absolute atomic E-state index is 0.0257. The Bertz CT molecular complexity index is 724. The van der Waals surface area contributed by atoms with Crippen LogP contribution in [-0.4, -0.2) is 30.1 Å². The van der Waals surface area contributed by atoms with Crippen molar-refractivity contribution in [3.05, 3.63) is 29.8 Å². The fourth-order valence-electron chi connectivity index (χ4n) is 4.56. The van der Waals surface area contributed by atoms with Gasteiger partial charge in [0.2, 0.25) is 5.91 Å². The Morgan fingerprint density at radius 1 is 1.20 bits per heavy atom. The largest absolute Gasteiger partial charge is 0.462 e. The number of fused-ring (bicyclic) bond motifs is 1. The van der Waals surface area contributed by atoms with E-state index in [1.165, 1.54) is 0 Å².